The lowest BCUT2D eigenvalue weighted by Crippen LogP contribution is -2.57. The quantitative estimate of drug-likeness (QED) is 0.535. The number of rotatable bonds is 3. The summed E-state index contributed by atoms with van der Waals surface area (Å²) in [5.41, 5.74) is 0.221. The second kappa shape index (κ2) is 8.28. The lowest BCUT2D eigenvalue weighted by molar-refractivity contribution is -0.163. The van der Waals surface area contributed by atoms with Crippen molar-refractivity contribution >= 4 is 5.91 Å². The molecule has 0 unspecified atom stereocenters. The van der Waals surface area contributed by atoms with Gasteiger partial charge in [-0.05, 0) is 131 Å². The molecule has 0 spiro atoms. The number of carbonyl (C=O) groups excluding carboxylic acids is 1. The lowest BCUT2D eigenvalue weighted by Gasteiger charge is -2.63. The van der Waals surface area contributed by atoms with Gasteiger partial charge in [0.15, 0.2) is 0 Å². The molecule has 182 valence electrons. The fraction of sp³-hybridized carbons (Fsp3) is 0.966. The van der Waals surface area contributed by atoms with Crippen LogP contribution in [0.1, 0.15) is 118 Å². The summed E-state index contributed by atoms with van der Waals surface area (Å²) in [4.78, 5) is 16.2. The van der Waals surface area contributed by atoms with Gasteiger partial charge >= 0.3 is 0 Å². The molecule has 1 aliphatic heterocycles. The van der Waals surface area contributed by atoms with Crippen molar-refractivity contribution in [3.63, 3.8) is 0 Å². The van der Waals surface area contributed by atoms with E-state index in [9.17, 15) is 9.90 Å². The molecule has 9 atom stereocenters. The molecule has 0 aromatic heterocycles. The van der Waals surface area contributed by atoms with E-state index < -0.39 is 5.60 Å². The summed E-state index contributed by atoms with van der Waals surface area (Å²) in [5, 5.41) is 10.8. The van der Waals surface area contributed by atoms with Crippen LogP contribution >= 0.6 is 0 Å². The third-order valence-electron chi connectivity index (χ3n) is 12.0. The van der Waals surface area contributed by atoms with E-state index in [1.807, 2.05) is 0 Å². The van der Waals surface area contributed by atoms with Gasteiger partial charge in [-0.25, -0.2) is 0 Å². The molecule has 0 bridgehead atoms. The maximum atomic E-state index is 13.9. The highest BCUT2D eigenvalue weighted by molar-refractivity contribution is 5.80. The minimum atomic E-state index is -0.450. The highest BCUT2D eigenvalue weighted by Gasteiger charge is 2.63. The van der Waals surface area contributed by atoms with Crippen molar-refractivity contribution in [1.82, 2.24) is 4.90 Å². The number of amides is 1. The summed E-state index contributed by atoms with van der Waals surface area (Å²) >= 11 is 0. The van der Waals surface area contributed by atoms with E-state index in [0.29, 0.717) is 23.3 Å². The van der Waals surface area contributed by atoms with Crippen molar-refractivity contribution in [3.05, 3.63) is 0 Å². The SMILES string of the molecule is CC[C@@H]1CCCCN1C(=O)[C@H]1CC[C@H]2[C@@H]3CC[C@@H]4C[C@](C)(O)CC[C@]4(CC)[C@H]3CC[C@]12C. The second-order valence-electron chi connectivity index (χ2n) is 13.2. The third-order valence-corrected chi connectivity index (χ3v) is 12.0. The summed E-state index contributed by atoms with van der Waals surface area (Å²) in [6, 6.07) is 0.490. The van der Waals surface area contributed by atoms with Crippen LogP contribution < -0.4 is 0 Å². The molecule has 4 saturated carbocycles. The van der Waals surface area contributed by atoms with Crippen LogP contribution in [0.15, 0.2) is 0 Å². The first-order chi connectivity index (χ1) is 15.3. The van der Waals surface area contributed by atoms with Gasteiger partial charge in [-0.3, -0.25) is 4.79 Å². The van der Waals surface area contributed by atoms with Crippen LogP contribution in [0.2, 0.25) is 0 Å². The Labute approximate surface area is 197 Å². The van der Waals surface area contributed by atoms with Crippen molar-refractivity contribution in [1.29, 1.82) is 0 Å². The van der Waals surface area contributed by atoms with E-state index in [0.717, 1.165) is 50.0 Å². The first-order valence-electron chi connectivity index (χ1n) is 14.3. The first-order valence-corrected chi connectivity index (χ1v) is 14.3. The van der Waals surface area contributed by atoms with E-state index >= 15 is 0 Å². The molecule has 1 saturated heterocycles. The van der Waals surface area contributed by atoms with Crippen LogP contribution in [-0.4, -0.2) is 34.1 Å². The van der Waals surface area contributed by atoms with Crippen LogP contribution in [0.25, 0.3) is 0 Å². The molecule has 0 aromatic rings. The van der Waals surface area contributed by atoms with Crippen LogP contribution in [0.3, 0.4) is 0 Å². The fourth-order valence-electron chi connectivity index (χ4n) is 10.3. The number of carbonyl (C=O) groups is 1. The molecule has 1 amide bonds. The summed E-state index contributed by atoms with van der Waals surface area (Å²) in [6.45, 7) is 10.3. The molecule has 3 heteroatoms. The van der Waals surface area contributed by atoms with Gasteiger partial charge in [0.25, 0.3) is 0 Å². The van der Waals surface area contributed by atoms with Gasteiger partial charge < -0.3 is 10.0 Å². The Bertz CT molecular complexity index is 718. The molecule has 3 nitrogen and oxygen atoms in total. The van der Waals surface area contributed by atoms with Crippen molar-refractivity contribution in [3.8, 4) is 0 Å². The van der Waals surface area contributed by atoms with Crippen molar-refractivity contribution < 1.29 is 9.90 Å². The summed E-state index contributed by atoms with van der Waals surface area (Å²) < 4.78 is 0. The minimum Gasteiger partial charge on any atom is -0.390 e. The summed E-state index contributed by atoms with van der Waals surface area (Å²) in [6.07, 6.45) is 17.0. The monoisotopic (exact) mass is 443 g/mol. The highest BCUT2D eigenvalue weighted by Crippen LogP contribution is 2.69. The van der Waals surface area contributed by atoms with Gasteiger partial charge in [0.2, 0.25) is 5.91 Å². The maximum Gasteiger partial charge on any atom is 0.226 e. The smallest absolute Gasteiger partial charge is 0.226 e. The van der Waals surface area contributed by atoms with E-state index in [2.05, 4.69) is 32.6 Å². The van der Waals surface area contributed by atoms with Crippen LogP contribution in [0.5, 0.6) is 0 Å². The topological polar surface area (TPSA) is 40.5 Å². The van der Waals surface area contributed by atoms with Gasteiger partial charge in [0.05, 0.1) is 5.60 Å². The zero-order valence-corrected chi connectivity index (χ0v) is 21.4. The Kier molecular flexibility index (Phi) is 6.00. The number of piperidine rings is 1. The number of hydrogen-bond acceptors (Lipinski definition) is 2. The van der Waals surface area contributed by atoms with Crippen LogP contribution in [-0.2, 0) is 4.79 Å². The fourth-order valence-corrected chi connectivity index (χ4v) is 10.3. The van der Waals surface area contributed by atoms with E-state index in [1.165, 1.54) is 64.2 Å². The largest absolute Gasteiger partial charge is 0.390 e. The maximum absolute atomic E-state index is 13.9. The number of nitrogens with zero attached hydrogens (tertiary/aromatic N) is 1. The molecular formula is C29H49NO2. The summed E-state index contributed by atoms with van der Waals surface area (Å²) in [5.74, 6) is 3.88. The lowest BCUT2D eigenvalue weighted by atomic mass is 9.43. The van der Waals surface area contributed by atoms with E-state index in [4.69, 9.17) is 0 Å². The van der Waals surface area contributed by atoms with Gasteiger partial charge in [0, 0.05) is 18.5 Å². The zero-order valence-electron chi connectivity index (χ0n) is 21.4. The Hall–Kier alpha value is -0.570. The molecule has 5 fully saturated rings. The molecule has 0 aromatic carbocycles. The standard InChI is InChI=1S/C29H49NO2/c1-5-21-9-7-8-18-30(21)26(31)25-13-12-23-22-11-10-20-19-27(3,32)16-17-29(20,6-2)24(22)14-15-28(23,25)4/h20-25,32H,5-19H2,1-4H3/t20-,21-,22+,23+,24+,25-,27-,28+,29+/m1/s1. The molecular weight excluding hydrogens is 394 g/mol. The van der Waals surface area contributed by atoms with E-state index in [1.54, 1.807) is 0 Å². The zero-order chi connectivity index (χ0) is 22.7. The van der Waals surface area contributed by atoms with Gasteiger partial charge in [0.1, 0.15) is 0 Å². The number of hydrogen-bond donors (Lipinski definition) is 1. The second-order valence-corrected chi connectivity index (χ2v) is 13.2. The molecule has 1 heterocycles. The predicted molar refractivity (Wildman–Crippen MR) is 130 cm³/mol. The number of aliphatic hydroxyl groups is 1. The van der Waals surface area contributed by atoms with Crippen molar-refractivity contribution in [2.75, 3.05) is 6.54 Å². The van der Waals surface area contributed by atoms with Crippen molar-refractivity contribution in [2.45, 2.75) is 129 Å². The number of fused-ring (bicyclic) bond motifs is 5. The third kappa shape index (κ3) is 3.42. The Morgan fingerprint density at radius 1 is 0.938 bits per heavy atom. The molecule has 32 heavy (non-hydrogen) atoms. The Morgan fingerprint density at radius 2 is 1.75 bits per heavy atom. The van der Waals surface area contributed by atoms with Crippen LogP contribution in [0, 0.1) is 40.4 Å². The summed E-state index contributed by atoms with van der Waals surface area (Å²) in [7, 11) is 0. The Morgan fingerprint density at radius 3 is 2.50 bits per heavy atom. The molecule has 0 radical (unpaired) electrons. The average molecular weight is 444 g/mol. The van der Waals surface area contributed by atoms with Crippen LogP contribution in [0.4, 0.5) is 0 Å². The van der Waals surface area contributed by atoms with Crippen molar-refractivity contribution in [2.24, 2.45) is 40.4 Å². The molecule has 4 aliphatic carbocycles. The van der Waals surface area contributed by atoms with E-state index in [-0.39, 0.29) is 11.3 Å². The van der Waals surface area contributed by atoms with Gasteiger partial charge in [-0.2, -0.15) is 0 Å². The highest BCUT2D eigenvalue weighted by atomic mass is 16.3. The molecule has 5 rings (SSSR count). The predicted octanol–water partition coefficient (Wildman–Crippen LogP) is 6.58. The minimum absolute atomic E-state index is 0.218. The molecule has 1 N–H and O–H groups in total. The van der Waals surface area contributed by atoms with Gasteiger partial charge in [-0.15, -0.1) is 0 Å². The number of likely N-dealkylation sites (tertiary alicyclic amines) is 1. The Balaban J connectivity index is 1.37. The molecule has 5 aliphatic rings. The normalized spacial score (nSPS) is 51.0. The average Bonchev–Trinajstić information content (AvgIpc) is 3.15. The first kappa shape index (κ1) is 23.2. The van der Waals surface area contributed by atoms with Gasteiger partial charge in [-0.1, -0.05) is 20.8 Å².